The van der Waals surface area contributed by atoms with Crippen LogP contribution in [-0.4, -0.2) is 59.9 Å². The predicted octanol–water partition coefficient (Wildman–Crippen LogP) is 2.51. The molecule has 0 aromatic carbocycles. The number of carbonyl (C=O) groups excluding carboxylic acids is 2. The van der Waals surface area contributed by atoms with E-state index in [9.17, 15) is 9.59 Å². The maximum atomic E-state index is 13.2. The largest absolute Gasteiger partial charge is 0.341 e. The quantitative estimate of drug-likeness (QED) is 0.800. The molecule has 1 N–H and O–H groups in total. The zero-order valence-electron chi connectivity index (χ0n) is 16.8. The normalized spacial score (nSPS) is 24.3. The Labute approximate surface area is 153 Å². The van der Waals surface area contributed by atoms with E-state index in [1.54, 1.807) is 0 Å². The van der Waals surface area contributed by atoms with E-state index in [-0.39, 0.29) is 23.9 Å². The second-order valence-electron chi connectivity index (χ2n) is 8.82. The van der Waals surface area contributed by atoms with Crippen molar-refractivity contribution in [3.05, 3.63) is 0 Å². The highest BCUT2D eigenvalue weighted by Gasteiger charge is 2.38. The third kappa shape index (κ3) is 5.44. The summed E-state index contributed by atoms with van der Waals surface area (Å²) in [5.41, 5.74) is 0. The van der Waals surface area contributed by atoms with Crippen molar-refractivity contribution in [2.24, 2.45) is 17.8 Å². The van der Waals surface area contributed by atoms with Gasteiger partial charge in [-0.15, -0.1) is 0 Å². The minimum Gasteiger partial charge on any atom is -0.341 e. The Morgan fingerprint density at radius 3 is 2.32 bits per heavy atom. The summed E-state index contributed by atoms with van der Waals surface area (Å²) in [5, 5.41) is 3.35. The van der Waals surface area contributed by atoms with Gasteiger partial charge in [-0.3, -0.25) is 9.59 Å². The van der Waals surface area contributed by atoms with Crippen LogP contribution in [0.2, 0.25) is 0 Å². The van der Waals surface area contributed by atoms with Crippen LogP contribution in [0.4, 0.5) is 0 Å². The van der Waals surface area contributed by atoms with Crippen LogP contribution in [0.5, 0.6) is 0 Å². The van der Waals surface area contributed by atoms with Gasteiger partial charge in [-0.2, -0.15) is 0 Å². The summed E-state index contributed by atoms with van der Waals surface area (Å²) >= 11 is 0. The highest BCUT2D eigenvalue weighted by atomic mass is 16.2. The summed E-state index contributed by atoms with van der Waals surface area (Å²) in [6, 6.07) is -0.435. The van der Waals surface area contributed by atoms with Crippen molar-refractivity contribution < 1.29 is 9.59 Å². The molecule has 0 unspecified atom stereocenters. The zero-order valence-corrected chi connectivity index (χ0v) is 16.8. The van der Waals surface area contributed by atoms with Crippen molar-refractivity contribution in [1.82, 2.24) is 15.1 Å². The van der Waals surface area contributed by atoms with Gasteiger partial charge < -0.3 is 15.1 Å². The average Bonchev–Trinajstić information content (AvgIpc) is 2.54. The Hall–Kier alpha value is -1.10. The summed E-state index contributed by atoms with van der Waals surface area (Å²) in [4.78, 5) is 30.1. The third-order valence-electron chi connectivity index (χ3n) is 5.48. The molecule has 2 amide bonds. The molecule has 2 rings (SSSR count). The van der Waals surface area contributed by atoms with Crippen LogP contribution in [0.3, 0.4) is 0 Å². The molecule has 2 aliphatic rings. The number of nitrogens with zero attached hydrogens (tertiary/aromatic N) is 2. The molecule has 0 radical (unpaired) electrons. The van der Waals surface area contributed by atoms with Gasteiger partial charge in [0.05, 0.1) is 6.04 Å². The van der Waals surface area contributed by atoms with Crippen molar-refractivity contribution in [3.8, 4) is 0 Å². The highest BCUT2D eigenvalue weighted by Crippen LogP contribution is 2.23. The summed E-state index contributed by atoms with van der Waals surface area (Å²) in [7, 11) is 0. The average molecular weight is 352 g/mol. The molecule has 2 fully saturated rings. The summed E-state index contributed by atoms with van der Waals surface area (Å²) in [6.07, 6.45) is 3.74. The molecule has 5 heteroatoms. The topological polar surface area (TPSA) is 52.7 Å². The molecule has 0 aromatic heterocycles. The zero-order chi connectivity index (χ0) is 18.6. The maximum Gasteiger partial charge on any atom is 0.245 e. The lowest BCUT2D eigenvalue weighted by atomic mass is 9.94. The van der Waals surface area contributed by atoms with Crippen LogP contribution < -0.4 is 5.32 Å². The molecule has 0 aromatic rings. The predicted molar refractivity (Wildman–Crippen MR) is 101 cm³/mol. The van der Waals surface area contributed by atoms with Gasteiger partial charge in [-0.25, -0.2) is 0 Å². The van der Waals surface area contributed by atoms with Crippen molar-refractivity contribution >= 4 is 11.8 Å². The molecule has 2 aliphatic heterocycles. The number of amides is 2. The lowest BCUT2D eigenvalue weighted by molar-refractivity contribution is -0.150. The fourth-order valence-electron chi connectivity index (χ4n) is 3.97. The first kappa shape index (κ1) is 20.2. The van der Waals surface area contributed by atoms with E-state index in [1.165, 1.54) is 0 Å². The molecule has 0 aliphatic carbocycles. The standard InChI is InChI=1S/C20H37N3O2/c1-14(2)12-17-19(24)23(11-8-21-17)18(13-15(3)4)20(25)22-9-6-16(5)7-10-22/h14-18,21H,6-13H2,1-5H3/t17-,18-/m0/s1. The van der Waals surface area contributed by atoms with E-state index in [0.29, 0.717) is 24.3 Å². The lowest BCUT2D eigenvalue weighted by Crippen LogP contribution is -2.62. The van der Waals surface area contributed by atoms with Gasteiger partial charge in [-0.05, 0) is 43.4 Å². The number of piperazine rings is 1. The van der Waals surface area contributed by atoms with Crippen LogP contribution in [-0.2, 0) is 9.59 Å². The van der Waals surface area contributed by atoms with Crippen molar-refractivity contribution in [1.29, 1.82) is 0 Å². The summed E-state index contributed by atoms with van der Waals surface area (Å²) in [6.45, 7) is 13.9. The molecular weight excluding hydrogens is 314 g/mol. The van der Waals surface area contributed by atoms with Gasteiger partial charge in [0.15, 0.2) is 0 Å². The second-order valence-corrected chi connectivity index (χ2v) is 8.82. The minimum absolute atomic E-state index is 0.115. The monoisotopic (exact) mass is 351 g/mol. The van der Waals surface area contributed by atoms with Crippen LogP contribution in [0.25, 0.3) is 0 Å². The number of likely N-dealkylation sites (tertiary alicyclic amines) is 1. The molecule has 0 bridgehead atoms. The van der Waals surface area contributed by atoms with E-state index < -0.39 is 0 Å². The number of hydrogen-bond acceptors (Lipinski definition) is 3. The first-order chi connectivity index (χ1) is 11.8. The van der Waals surface area contributed by atoms with Crippen LogP contribution in [0, 0.1) is 17.8 Å². The second kappa shape index (κ2) is 9.02. The fraction of sp³-hybridized carbons (Fsp3) is 0.900. The maximum absolute atomic E-state index is 13.2. The molecule has 25 heavy (non-hydrogen) atoms. The van der Waals surface area contributed by atoms with Crippen LogP contribution in [0.1, 0.15) is 60.3 Å². The summed E-state index contributed by atoms with van der Waals surface area (Å²) < 4.78 is 0. The first-order valence-corrected chi connectivity index (χ1v) is 10.1. The fourth-order valence-corrected chi connectivity index (χ4v) is 3.97. The van der Waals surface area contributed by atoms with Gasteiger partial charge in [0.25, 0.3) is 0 Å². The Bertz CT molecular complexity index is 456. The Kier molecular flexibility index (Phi) is 7.29. The molecule has 5 nitrogen and oxygen atoms in total. The number of hydrogen-bond donors (Lipinski definition) is 1. The Balaban J connectivity index is 2.12. The molecule has 0 spiro atoms. The van der Waals surface area contributed by atoms with Crippen LogP contribution in [0.15, 0.2) is 0 Å². The molecule has 2 atom stereocenters. The van der Waals surface area contributed by atoms with Crippen molar-refractivity contribution in [2.45, 2.75) is 72.4 Å². The van der Waals surface area contributed by atoms with Gasteiger partial charge in [0.1, 0.15) is 6.04 Å². The van der Waals surface area contributed by atoms with Gasteiger partial charge >= 0.3 is 0 Å². The van der Waals surface area contributed by atoms with Gasteiger partial charge in [0.2, 0.25) is 11.8 Å². The Morgan fingerprint density at radius 1 is 1.12 bits per heavy atom. The van der Waals surface area contributed by atoms with Gasteiger partial charge in [0, 0.05) is 26.2 Å². The van der Waals surface area contributed by atoms with Crippen molar-refractivity contribution in [2.75, 3.05) is 26.2 Å². The van der Waals surface area contributed by atoms with E-state index in [0.717, 1.165) is 45.3 Å². The number of piperidine rings is 1. The van der Waals surface area contributed by atoms with E-state index in [2.05, 4.69) is 39.9 Å². The first-order valence-electron chi connectivity index (χ1n) is 10.1. The van der Waals surface area contributed by atoms with Crippen molar-refractivity contribution in [3.63, 3.8) is 0 Å². The minimum atomic E-state index is -0.294. The van der Waals surface area contributed by atoms with Crippen LogP contribution >= 0.6 is 0 Å². The molecule has 2 heterocycles. The SMILES string of the molecule is CC(C)C[C@@H]1NCCN([C@@H](CC(C)C)C(=O)N2CCC(C)CC2)C1=O. The Morgan fingerprint density at radius 2 is 1.76 bits per heavy atom. The highest BCUT2D eigenvalue weighted by molar-refractivity contribution is 5.90. The summed E-state index contributed by atoms with van der Waals surface area (Å²) in [5.74, 6) is 1.83. The molecule has 0 saturated carbocycles. The molecule has 2 saturated heterocycles. The smallest absolute Gasteiger partial charge is 0.245 e. The third-order valence-corrected chi connectivity index (χ3v) is 5.48. The number of carbonyl (C=O) groups is 2. The number of rotatable bonds is 6. The number of nitrogens with one attached hydrogen (secondary N) is 1. The van der Waals surface area contributed by atoms with E-state index in [4.69, 9.17) is 0 Å². The lowest BCUT2D eigenvalue weighted by Gasteiger charge is -2.42. The molecular formula is C20H37N3O2. The molecule has 144 valence electrons. The van der Waals surface area contributed by atoms with E-state index >= 15 is 0 Å². The van der Waals surface area contributed by atoms with Gasteiger partial charge in [-0.1, -0.05) is 34.6 Å². The van der Waals surface area contributed by atoms with E-state index in [1.807, 2.05) is 9.80 Å².